The van der Waals surface area contributed by atoms with E-state index >= 15 is 0 Å². The summed E-state index contributed by atoms with van der Waals surface area (Å²) >= 11 is 1.57. The van der Waals surface area contributed by atoms with E-state index in [0.717, 1.165) is 9.90 Å². The van der Waals surface area contributed by atoms with Gasteiger partial charge < -0.3 is 10.4 Å². The summed E-state index contributed by atoms with van der Waals surface area (Å²) in [5.41, 5.74) is 1.15. The van der Waals surface area contributed by atoms with Crippen LogP contribution in [-0.2, 0) is 0 Å². The van der Waals surface area contributed by atoms with Crippen molar-refractivity contribution >= 4 is 29.3 Å². The summed E-state index contributed by atoms with van der Waals surface area (Å²) in [5.74, 6) is 0.898. The Bertz CT molecular complexity index is 776. The molecule has 0 saturated carbocycles. The van der Waals surface area contributed by atoms with Crippen molar-refractivity contribution in [2.75, 3.05) is 19.3 Å². The van der Waals surface area contributed by atoms with Gasteiger partial charge in [0.05, 0.1) is 5.69 Å². The maximum absolute atomic E-state index is 11.9. The Hall–Kier alpha value is -2.87. The fraction of sp³-hybridized carbons (Fsp3) is 0.222. The Morgan fingerprint density at radius 3 is 2.38 bits per heavy atom. The predicted octanol–water partition coefficient (Wildman–Crippen LogP) is 4.03. The van der Waals surface area contributed by atoms with Crippen LogP contribution >= 0.6 is 11.8 Å². The monoisotopic (exact) mass is 372 g/mol. The topological polar surface area (TPSA) is 94.4 Å². The zero-order chi connectivity index (χ0) is 18.9. The largest absolute Gasteiger partial charge is 0.508 e. The third-order valence-electron chi connectivity index (χ3n) is 3.35. The standard InChI is InChI=1S/C18H20N4O3S/c1-13(23)14-3-5-15(6-4-14)20-21-22(2)18(25)19-11-12-26-17-9-7-16(24)8-10-17/h3-10,24H,11-12H2,1-2H3,(H,19,25). The van der Waals surface area contributed by atoms with Gasteiger partial charge in [-0.25, -0.2) is 4.79 Å². The lowest BCUT2D eigenvalue weighted by Gasteiger charge is -2.11. The molecule has 2 aromatic carbocycles. The van der Waals surface area contributed by atoms with Gasteiger partial charge in [0.1, 0.15) is 5.75 Å². The number of ketones is 1. The molecule has 2 aromatic rings. The van der Waals surface area contributed by atoms with E-state index in [4.69, 9.17) is 0 Å². The van der Waals surface area contributed by atoms with E-state index in [2.05, 4.69) is 15.7 Å². The molecule has 0 spiro atoms. The summed E-state index contributed by atoms with van der Waals surface area (Å²) in [7, 11) is 1.51. The van der Waals surface area contributed by atoms with Crippen LogP contribution in [-0.4, -0.2) is 41.3 Å². The van der Waals surface area contributed by atoms with Crippen LogP contribution in [0.2, 0.25) is 0 Å². The molecule has 0 unspecified atom stereocenters. The Balaban J connectivity index is 1.74. The molecule has 0 atom stereocenters. The second kappa shape index (κ2) is 9.57. The van der Waals surface area contributed by atoms with E-state index < -0.39 is 0 Å². The number of carbonyl (C=O) groups is 2. The fourth-order valence-corrected chi connectivity index (χ4v) is 2.67. The van der Waals surface area contributed by atoms with E-state index in [0.29, 0.717) is 23.5 Å². The van der Waals surface area contributed by atoms with Crippen LogP contribution in [0.1, 0.15) is 17.3 Å². The third-order valence-corrected chi connectivity index (χ3v) is 4.36. The number of phenols is 1. The number of benzene rings is 2. The molecule has 7 nitrogen and oxygen atoms in total. The second-order valence-corrected chi connectivity index (χ2v) is 6.56. The van der Waals surface area contributed by atoms with Gasteiger partial charge in [0.15, 0.2) is 5.78 Å². The van der Waals surface area contributed by atoms with Gasteiger partial charge >= 0.3 is 6.03 Å². The molecule has 2 rings (SSSR count). The van der Waals surface area contributed by atoms with Crippen LogP contribution in [0.5, 0.6) is 5.75 Å². The molecule has 0 radical (unpaired) electrons. The molecule has 0 aliphatic carbocycles. The smallest absolute Gasteiger partial charge is 0.338 e. The second-order valence-electron chi connectivity index (χ2n) is 5.39. The van der Waals surface area contributed by atoms with Crippen molar-refractivity contribution < 1.29 is 14.7 Å². The Morgan fingerprint density at radius 1 is 1.12 bits per heavy atom. The van der Waals surface area contributed by atoms with Crippen molar-refractivity contribution in [1.82, 2.24) is 10.3 Å². The van der Waals surface area contributed by atoms with Crippen LogP contribution in [0.3, 0.4) is 0 Å². The van der Waals surface area contributed by atoms with Gasteiger partial charge in [0.2, 0.25) is 0 Å². The van der Waals surface area contributed by atoms with Gasteiger partial charge in [-0.2, -0.15) is 5.01 Å². The first-order valence-electron chi connectivity index (χ1n) is 7.92. The summed E-state index contributed by atoms with van der Waals surface area (Å²) in [6.45, 7) is 1.96. The minimum absolute atomic E-state index is 0.0184. The molecule has 2 N–H and O–H groups in total. The van der Waals surface area contributed by atoms with Gasteiger partial charge in [-0.05, 0) is 55.5 Å². The van der Waals surface area contributed by atoms with Crippen LogP contribution in [0.25, 0.3) is 0 Å². The number of phenolic OH excluding ortho intramolecular Hbond substituents is 1. The summed E-state index contributed by atoms with van der Waals surface area (Å²) in [6, 6.07) is 13.2. The van der Waals surface area contributed by atoms with E-state index in [1.165, 1.54) is 14.0 Å². The molecular weight excluding hydrogens is 352 g/mol. The van der Waals surface area contributed by atoms with E-state index in [1.807, 2.05) is 12.1 Å². The summed E-state index contributed by atoms with van der Waals surface area (Å²) in [4.78, 5) is 24.2. The Kier molecular flexibility index (Phi) is 7.16. The number of Topliss-reactive ketones (excluding diaryl/α,β-unsaturated/α-hetero) is 1. The Labute approximate surface area is 156 Å². The van der Waals surface area contributed by atoms with Gasteiger partial charge in [-0.15, -0.1) is 16.9 Å². The molecule has 0 bridgehead atoms. The van der Waals surface area contributed by atoms with Crippen LogP contribution in [0, 0.1) is 0 Å². The van der Waals surface area contributed by atoms with Crippen molar-refractivity contribution in [1.29, 1.82) is 0 Å². The lowest BCUT2D eigenvalue weighted by atomic mass is 10.1. The number of nitrogens with one attached hydrogen (secondary N) is 1. The first kappa shape index (κ1) is 19.5. The highest BCUT2D eigenvalue weighted by atomic mass is 32.2. The van der Waals surface area contributed by atoms with Crippen molar-refractivity contribution in [2.24, 2.45) is 10.3 Å². The third kappa shape index (κ3) is 6.21. The average Bonchev–Trinajstić information content (AvgIpc) is 2.64. The summed E-state index contributed by atoms with van der Waals surface area (Å²) in [6.07, 6.45) is 0. The first-order valence-corrected chi connectivity index (χ1v) is 8.90. The maximum atomic E-state index is 11.9. The highest BCUT2D eigenvalue weighted by Gasteiger charge is 2.06. The molecule has 136 valence electrons. The molecular formula is C18H20N4O3S. The molecule has 0 aliphatic heterocycles. The van der Waals surface area contributed by atoms with Crippen LogP contribution < -0.4 is 5.32 Å². The number of nitrogens with zero attached hydrogens (tertiary/aromatic N) is 3. The Morgan fingerprint density at radius 2 is 1.77 bits per heavy atom. The predicted molar refractivity (Wildman–Crippen MR) is 101 cm³/mol. The molecule has 0 heterocycles. The van der Waals surface area contributed by atoms with Gasteiger partial charge in [0.25, 0.3) is 0 Å². The van der Waals surface area contributed by atoms with E-state index in [9.17, 15) is 14.7 Å². The van der Waals surface area contributed by atoms with E-state index in [-0.39, 0.29) is 17.6 Å². The number of thioether (sulfide) groups is 1. The number of rotatable bonds is 7. The summed E-state index contributed by atoms with van der Waals surface area (Å²) < 4.78 is 0. The number of hydrogen-bond donors (Lipinski definition) is 2. The molecule has 2 amide bonds. The number of urea groups is 1. The van der Waals surface area contributed by atoms with Crippen molar-refractivity contribution in [3.8, 4) is 5.75 Å². The molecule has 0 aromatic heterocycles. The van der Waals surface area contributed by atoms with Crippen LogP contribution in [0.4, 0.5) is 10.5 Å². The minimum atomic E-state index is -0.361. The molecule has 8 heteroatoms. The SMILES string of the molecule is CC(=O)c1ccc(N=NN(C)C(=O)NCCSc2ccc(O)cc2)cc1. The number of hydrogen-bond acceptors (Lipinski definition) is 6. The quantitative estimate of drug-likeness (QED) is 0.252. The fourth-order valence-electron chi connectivity index (χ4n) is 1.91. The average molecular weight is 372 g/mol. The first-order chi connectivity index (χ1) is 12.5. The number of carbonyl (C=O) groups excluding carboxylic acids is 2. The summed E-state index contributed by atoms with van der Waals surface area (Å²) in [5, 5.41) is 20.9. The normalized spacial score (nSPS) is 10.7. The lowest BCUT2D eigenvalue weighted by Crippen LogP contribution is -2.35. The van der Waals surface area contributed by atoms with Gasteiger partial charge in [-0.1, -0.05) is 5.22 Å². The minimum Gasteiger partial charge on any atom is -0.508 e. The molecule has 26 heavy (non-hydrogen) atoms. The molecule has 0 saturated heterocycles. The zero-order valence-corrected chi connectivity index (χ0v) is 15.4. The molecule has 0 aliphatic rings. The van der Waals surface area contributed by atoms with Crippen LogP contribution in [0.15, 0.2) is 63.8 Å². The number of aromatic hydroxyl groups is 1. The van der Waals surface area contributed by atoms with Gasteiger partial charge in [0, 0.05) is 29.8 Å². The van der Waals surface area contributed by atoms with Crippen molar-refractivity contribution in [2.45, 2.75) is 11.8 Å². The highest BCUT2D eigenvalue weighted by Crippen LogP contribution is 2.20. The van der Waals surface area contributed by atoms with Crippen molar-refractivity contribution in [3.05, 3.63) is 54.1 Å². The highest BCUT2D eigenvalue weighted by molar-refractivity contribution is 7.99. The number of amides is 2. The lowest BCUT2D eigenvalue weighted by molar-refractivity contribution is 0.101. The van der Waals surface area contributed by atoms with E-state index in [1.54, 1.807) is 48.2 Å². The zero-order valence-electron chi connectivity index (χ0n) is 14.5. The van der Waals surface area contributed by atoms with Crippen molar-refractivity contribution in [3.63, 3.8) is 0 Å². The van der Waals surface area contributed by atoms with Gasteiger partial charge in [-0.3, -0.25) is 4.79 Å². The molecule has 0 fully saturated rings. The maximum Gasteiger partial charge on any atom is 0.338 e.